The molecule has 10 heavy (non-hydrogen) atoms. The van der Waals surface area contributed by atoms with Crippen LogP contribution < -0.4 is 0 Å². The molecule has 0 bridgehead atoms. The Kier molecular flexibility index (Phi) is 2.06. The normalized spacial score (nSPS) is 22.2. The Bertz CT molecular complexity index is 172. The van der Waals surface area contributed by atoms with Crippen LogP contribution >= 0.6 is 0 Å². The highest BCUT2D eigenvalue weighted by Crippen LogP contribution is 2.06. The van der Waals surface area contributed by atoms with Crippen molar-refractivity contribution in [2.24, 2.45) is 0 Å². The molecular weight excluding hydrogens is 130 g/mol. The van der Waals surface area contributed by atoms with Gasteiger partial charge in [0.1, 0.15) is 6.61 Å². The topological polar surface area (TPSA) is 29.5 Å². The summed E-state index contributed by atoms with van der Waals surface area (Å²) < 4.78 is 4.93. The van der Waals surface area contributed by atoms with Crippen LogP contribution in [0.3, 0.4) is 0 Å². The van der Waals surface area contributed by atoms with Crippen LogP contribution in [0.4, 0.5) is 0 Å². The Hall–Kier alpha value is -0.830. The summed E-state index contributed by atoms with van der Waals surface area (Å²) >= 11 is 0. The fraction of sp³-hybridized carbons (Fsp3) is 0.571. The van der Waals surface area contributed by atoms with Crippen LogP contribution in [0.5, 0.6) is 0 Å². The molecule has 0 atom stereocenters. The summed E-state index contributed by atoms with van der Waals surface area (Å²) in [6, 6.07) is 0. The highest BCUT2D eigenvalue weighted by Gasteiger charge is 2.17. The average molecular weight is 141 g/mol. The standard InChI is InChI=1S/C7H11NO2/c1-8(2)3-6-4-10-5-7(6)9/h3H,4-5H2,1-2H3/b6-3+. The number of hydrogen-bond acceptors (Lipinski definition) is 3. The van der Waals surface area contributed by atoms with Gasteiger partial charge in [-0.25, -0.2) is 0 Å². The maximum absolute atomic E-state index is 10.9. The Labute approximate surface area is 60.3 Å². The first kappa shape index (κ1) is 7.28. The molecule has 1 heterocycles. The first-order valence-corrected chi connectivity index (χ1v) is 3.18. The van der Waals surface area contributed by atoms with Crippen molar-refractivity contribution in [3.63, 3.8) is 0 Å². The zero-order chi connectivity index (χ0) is 7.56. The molecule has 1 fully saturated rings. The van der Waals surface area contributed by atoms with Gasteiger partial charge in [-0.2, -0.15) is 0 Å². The number of carbonyl (C=O) groups is 1. The lowest BCUT2D eigenvalue weighted by Crippen LogP contribution is -2.07. The van der Waals surface area contributed by atoms with E-state index in [0.29, 0.717) is 6.61 Å². The number of ether oxygens (including phenoxy) is 1. The van der Waals surface area contributed by atoms with E-state index in [1.807, 2.05) is 19.0 Å². The SMILES string of the molecule is CN(C)/C=C1\COCC1=O. The lowest BCUT2D eigenvalue weighted by Gasteiger charge is -2.04. The summed E-state index contributed by atoms with van der Waals surface area (Å²) in [5.41, 5.74) is 0.769. The van der Waals surface area contributed by atoms with Gasteiger partial charge in [-0.3, -0.25) is 4.79 Å². The van der Waals surface area contributed by atoms with Gasteiger partial charge in [0.05, 0.1) is 6.61 Å². The lowest BCUT2D eigenvalue weighted by molar-refractivity contribution is -0.115. The van der Waals surface area contributed by atoms with E-state index in [4.69, 9.17) is 4.74 Å². The summed E-state index contributed by atoms with van der Waals surface area (Å²) in [4.78, 5) is 12.7. The molecule has 1 rings (SSSR count). The first-order valence-electron chi connectivity index (χ1n) is 3.18. The maximum Gasteiger partial charge on any atom is 0.188 e. The maximum atomic E-state index is 10.9. The quantitative estimate of drug-likeness (QED) is 0.482. The summed E-state index contributed by atoms with van der Waals surface area (Å²) in [7, 11) is 3.78. The van der Waals surface area contributed by atoms with Gasteiger partial charge in [-0.05, 0) is 0 Å². The fourth-order valence-electron chi connectivity index (χ4n) is 0.848. The van der Waals surface area contributed by atoms with E-state index in [-0.39, 0.29) is 12.4 Å². The highest BCUT2D eigenvalue weighted by molar-refractivity contribution is 5.98. The van der Waals surface area contributed by atoms with Crippen molar-refractivity contribution < 1.29 is 9.53 Å². The first-order chi connectivity index (χ1) is 4.70. The van der Waals surface area contributed by atoms with E-state index in [1.54, 1.807) is 6.20 Å². The van der Waals surface area contributed by atoms with Crippen LogP contribution in [0.1, 0.15) is 0 Å². The molecule has 0 saturated carbocycles. The number of ketones is 1. The fourth-order valence-corrected chi connectivity index (χ4v) is 0.848. The number of rotatable bonds is 1. The van der Waals surface area contributed by atoms with Crippen molar-refractivity contribution >= 4 is 5.78 Å². The van der Waals surface area contributed by atoms with Crippen LogP contribution in [0.25, 0.3) is 0 Å². The van der Waals surface area contributed by atoms with E-state index in [0.717, 1.165) is 5.57 Å². The van der Waals surface area contributed by atoms with Crippen molar-refractivity contribution in [3.05, 3.63) is 11.8 Å². The van der Waals surface area contributed by atoms with Crippen LogP contribution in [0.2, 0.25) is 0 Å². The van der Waals surface area contributed by atoms with Gasteiger partial charge in [0.15, 0.2) is 5.78 Å². The molecule has 56 valence electrons. The second kappa shape index (κ2) is 2.84. The minimum Gasteiger partial charge on any atom is -0.383 e. The summed E-state index contributed by atoms with van der Waals surface area (Å²) in [5.74, 6) is 0.105. The van der Waals surface area contributed by atoms with E-state index in [9.17, 15) is 4.79 Å². The summed E-state index contributed by atoms with van der Waals surface area (Å²) in [6.07, 6.45) is 1.80. The minimum absolute atomic E-state index is 0.105. The van der Waals surface area contributed by atoms with Gasteiger partial charge >= 0.3 is 0 Å². The average Bonchev–Trinajstić information content (AvgIpc) is 2.15. The number of hydrogen-bond donors (Lipinski definition) is 0. The highest BCUT2D eigenvalue weighted by atomic mass is 16.5. The van der Waals surface area contributed by atoms with Crippen molar-refractivity contribution in [1.82, 2.24) is 4.90 Å². The predicted octanol–water partition coefficient (Wildman–Crippen LogP) is 0.0312. The Morgan fingerprint density at radius 2 is 2.20 bits per heavy atom. The Morgan fingerprint density at radius 3 is 2.60 bits per heavy atom. The van der Waals surface area contributed by atoms with Crippen molar-refractivity contribution in [1.29, 1.82) is 0 Å². The van der Waals surface area contributed by atoms with Crippen LogP contribution in [-0.4, -0.2) is 38.0 Å². The van der Waals surface area contributed by atoms with E-state index < -0.39 is 0 Å². The Balaban J connectivity index is 2.62. The molecule has 0 aromatic rings. The molecule has 1 aliphatic heterocycles. The van der Waals surface area contributed by atoms with Gasteiger partial charge in [0.2, 0.25) is 0 Å². The third-order valence-corrected chi connectivity index (χ3v) is 1.26. The molecule has 3 heteroatoms. The van der Waals surface area contributed by atoms with Crippen molar-refractivity contribution in [2.45, 2.75) is 0 Å². The third-order valence-electron chi connectivity index (χ3n) is 1.26. The minimum atomic E-state index is 0.105. The molecule has 0 radical (unpaired) electrons. The lowest BCUT2D eigenvalue weighted by atomic mass is 10.2. The summed E-state index contributed by atoms with van der Waals surface area (Å²) in [6.45, 7) is 0.719. The van der Waals surface area contributed by atoms with Gasteiger partial charge in [-0.1, -0.05) is 0 Å². The second-order valence-electron chi connectivity index (χ2n) is 2.53. The number of Topliss-reactive ketones (excluding diaryl/α,β-unsaturated/α-hetero) is 1. The van der Waals surface area contributed by atoms with Crippen LogP contribution in [0.15, 0.2) is 11.8 Å². The van der Waals surface area contributed by atoms with Gasteiger partial charge in [0, 0.05) is 25.9 Å². The summed E-state index contributed by atoms with van der Waals surface area (Å²) in [5, 5.41) is 0. The van der Waals surface area contributed by atoms with Gasteiger partial charge in [-0.15, -0.1) is 0 Å². The van der Waals surface area contributed by atoms with E-state index in [1.165, 1.54) is 0 Å². The van der Waals surface area contributed by atoms with Crippen LogP contribution in [-0.2, 0) is 9.53 Å². The zero-order valence-corrected chi connectivity index (χ0v) is 6.26. The molecule has 0 aromatic heterocycles. The largest absolute Gasteiger partial charge is 0.383 e. The number of carbonyl (C=O) groups excluding carboxylic acids is 1. The predicted molar refractivity (Wildman–Crippen MR) is 37.6 cm³/mol. The molecule has 0 aromatic carbocycles. The molecule has 0 amide bonds. The Morgan fingerprint density at radius 1 is 1.50 bits per heavy atom. The zero-order valence-electron chi connectivity index (χ0n) is 6.26. The smallest absolute Gasteiger partial charge is 0.188 e. The molecule has 0 spiro atoms. The molecular formula is C7H11NO2. The molecule has 0 aliphatic carbocycles. The van der Waals surface area contributed by atoms with E-state index >= 15 is 0 Å². The monoisotopic (exact) mass is 141 g/mol. The van der Waals surface area contributed by atoms with Gasteiger partial charge < -0.3 is 9.64 Å². The number of nitrogens with zero attached hydrogens (tertiary/aromatic N) is 1. The van der Waals surface area contributed by atoms with E-state index in [2.05, 4.69) is 0 Å². The third kappa shape index (κ3) is 1.57. The van der Waals surface area contributed by atoms with Gasteiger partial charge in [0.25, 0.3) is 0 Å². The molecule has 0 N–H and O–H groups in total. The molecule has 0 unspecified atom stereocenters. The molecule has 1 saturated heterocycles. The molecule has 1 aliphatic rings. The van der Waals surface area contributed by atoms with Crippen molar-refractivity contribution in [3.8, 4) is 0 Å². The van der Waals surface area contributed by atoms with Crippen molar-refractivity contribution in [2.75, 3.05) is 27.3 Å². The van der Waals surface area contributed by atoms with Crippen LogP contribution in [0, 0.1) is 0 Å². The second-order valence-corrected chi connectivity index (χ2v) is 2.53. The molecule has 3 nitrogen and oxygen atoms in total.